The van der Waals surface area contributed by atoms with Crippen LogP contribution < -0.4 is 20.9 Å². The molecule has 12 heteroatoms. The Hall–Kier alpha value is -3.77. The number of piperidine rings is 1. The van der Waals surface area contributed by atoms with Crippen molar-refractivity contribution >= 4 is 45.9 Å². The second-order valence-corrected chi connectivity index (χ2v) is 10.3. The first-order chi connectivity index (χ1) is 17.8. The molecule has 2 aliphatic heterocycles. The van der Waals surface area contributed by atoms with Crippen molar-refractivity contribution in [2.75, 3.05) is 34.8 Å². The Morgan fingerprint density at radius 1 is 1.11 bits per heavy atom. The fraction of sp³-hybridized carbons (Fsp3) is 0.400. The van der Waals surface area contributed by atoms with E-state index in [0.717, 1.165) is 53.5 Å². The van der Waals surface area contributed by atoms with Gasteiger partial charge >= 0.3 is 5.97 Å². The molecule has 0 unspecified atom stereocenters. The van der Waals surface area contributed by atoms with Crippen molar-refractivity contribution in [3.8, 4) is 0 Å². The zero-order valence-corrected chi connectivity index (χ0v) is 21.3. The highest BCUT2D eigenvalue weighted by Gasteiger charge is 2.28. The average Bonchev–Trinajstić information content (AvgIpc) is 3.25. The molecule has 1 aromatic carbocycles. The number of fused-ring (bicyclic) bond motifs is 1. The predicted molar refractivity (Wildman–Crippen MR) is 141 cm³/mol. The van der Waals surface area contributed by atoms with E-state index in [2.05, 4.69) is 20.1 Å². The van der Waals surface area contributed by atoms with Gasteiger partial charge < -0.3 is 25.7 Å². The lowest BCUT2D eigenvalue weighted by molar-refractivity contribution is 0.0701. The van der Waals surface area contributed by atoms with E-state index in [4.69, 9.17) is 15.7 Å². The van der Waals surface area contributed by atoms with Crippen LogP contribution in [-0.4, -0.2) is 62.8 Å². The van der Waals surface area contributed by atoms with Crippen LogP contribution in [0.25, 0.3) is 0 Å². The molecule has 11 nitrogen and oxygen atoms in total. The van der Waals surface area contributed by atoms with Gasteiger partial charge in [0.2, 0.25) is 11.9 Å². The number of thiazole rings is 1. The number of carboxylic acids is 1. The molecule has 0 radical (unpaired) electrons. The van der Waals surface area contributed by atoms with Gasteiger partial charge in [-0.2, -0.15) is 9.97 Å². The first-order valence-corrected chi connectivity index (χ1v) is 13.1. The van der Waals surface area contributed by atoms with E-state index in [-0.39, 0.29) is 11.0 Å². The topological polar surface area (TPSA) is 158 Å². The van der Waals surface area contributed by atoms with Gasteiger partial charge in [-0.25, -0.2) is 9.78 Å². The van der Waals surface area contributed by atoms with E-state index >= 15 is 0 Å². The van der Waals surface area contributed by atoms with Crippen molar-refractivity contribution < 1.29 is 19.8 Å². The molecule has 0 atom stereocenters. The minimum Gasteiger partial charge on any atom is -0.477 e. The maximum Gasteiger partial charge on any atom is 0.347 e. The number of nitrogens with one attached hydrogen (secondary N) is 1. The molecule has 2 aromatic heterocycles. The number of carbonyl (C=O) groups excluding carboxylic acids is 1. The third-order valence-corrected chi connectivity index (χ3v) is 7.76. The summed E-state index contributed by atoms with van der Waals surface area (Å²) in [6.45, 7) is 4.45. The number of aliphatic hydroxyl groups excluding tert-OH is 1. The maximum absolute atomic E-state index is 11.5. The molecule has 1 saturated heterocycles. The van der Waals surface area contributed by atoms with E-state index in [9.17, 15) is 19.8 Å². The van der Waals surface area contributed by atoms with Crippen LogP contribution in [0.2, 0.25) is 0 Å². The van der Waals surface area contributed by atoms with Crippen molar-refractivity contribution in [1.82, 2.24) is 15.0 Å². The largest absolute Gasteiger partial charge is 0.477 e. The summed E-state index contributed by atoms with van der Waals surface area (Å²) < 4.78 is 0. The van der Waals surface area contributed by atoms with Gasteiger partial charge in [0.25, 0.3) is 0 Å². The summed E-state index contributed by atoms with van der Waals surface area (Å²) in [6, 6.07) is 7.25. The Labute approximate surface area is 218 Å². The number of amides is 1. The van der Waals surface area contributed by atoms with Gasteiger partial charge in [-0.05, 0) is 50.3 Å². The molecule has 0 bridgehead atoms. The summed E-state index contributed by atoms with van der Waals surface area (Å²) >= 11 is 1.05. The lowest BCUT2D eigenvalue weighted by atomic mass is 10.0. The normalized spacial score (nSPS) is 15.9. The zero-order chi connectivity index (χ0) is 26.1. The molecule has 1 amide bonds. The second kappa shape index (κ2) is 10.3. The Kier molecular flexibility index (Phi) is 6.94. The molecule has 4 heterocycles. The first-order valence-electron chi connectivity index (χ1n) is 12.2. The lowest BCUT2D eigenvalue weighted by Crippen LogP contribution is -2.38. The Balaban J connectivity index is 1.50. The number of nitrogens with zero attached hydrogens (tertiary/aromatic N) is 5. The smallest absolute Gasteiger partial charge is 0.347 e. The predicted octanol–water partition coefficient (Wildman–Crippen LogP) is 2.70. The van der Waals surface area contributed by atoms with E-state index in [1.54, 1.807) is 19.1 Å². The molecule has 37 heavy (non-hydrogen) atoms. The number of aromatic nitrogens is 3. The van der Waals surface area contributed by atoms with Gasteiger partial charge in [0, 0.05) is 37.3 Å². The number of rotatable bonds is 7. The van der Waals surface area contributed by atoms with E-state index in [0.29, 0.717) is 54.8 Å². The third-order valence-electron chi connectivity index (χ3n) is 6.70. The lowest BCUT2D eigenvalue weighted by Gasteiger charge is -2.36. The van der Waals surface area contributed by atoms with E-state index < -0.39 is 11.9 Å². The van der Waals surface area contributed by atoms with Gasteiger partial charge in [0.05, 0.1) is 11.8 Å². The number of primary amides is 1. The van der Waals surface area contributed by atoms with Crippen LogP contribution in [0.5, 0.6) is 0 Å². The monoisotopic (exact) mass is 523 g/mol. The Morgan fingerprint density at radius 3 is 2.46 bits per heavy atom. The number of hydrogen-bond donors (Lipinski definition) is 4. The molecule has 5 N–H and O–H groups in total. The number of aromatic carboxylic acids is 1. The summed E-state index contributed by atoms with van der Waals surface area (Å²) in [4.78, 5) is 41.6. The van der Waals surface area contributed by atoms with Gasteiger partial charge in [0.15, 0.2) is 5.13 Å². The molecule has 2 aliphatic rings. The van der Waals surface area contributed by atoms with Gasteiger partial charge in [0.1, 0.15) is 16.5 Å². The fourth-order valence-corrected chi connectivity index (χ4v) is 5.59. The summed E-state index contributed by atoms with van der Waals surface area (Å²) in [5.74, 6) is 0.519. The standard InChI is InChI=1S/C25H29N7O4S/c1-14-19(23(35)36)37-25(27-14)30-24-28-21(31-11-8-17(33)9-12-31)18-3-2-10-32(22(18)29-24)13-15-4-6-16(7-5-15)20(26)34/h4-7,17,33H,2-3,8-13H2,1H3,(H2,26,34)(H,35,36)(H,27,28,29,30). The Bertz CT molecular complexity index is 1320. The average molecular weight is 524 g/mol. The third kappa shape index (κ3) is 5.35. The summed E-state index contributed by atoms with van der Waals surface area (Å²) in [7, 11) is 0. The number of nitrogens with two attached hydrogens (primary N) is 1. The van der Waals surface area contributed by atoms with Gasteiger partial charge in [-0.3, -0.25) is 10.1 Å². The van der Waals surface area contributed by atoms with Crippen molar-refractivity contribution in [2.24, 2.45) is 5.73 Å². The van der Waals surface area contributed by atoms with Crippen LogP contribution in [0.15, 0.2) is 24.3 Å². The molecule has 1 fully saturated rings. The highest BCUT2D eigenvalue weighted by molar-refractivity contribution is 7.17. The van der Waals surface area contributed by atoms with Crippen LogP contribution in [0.1, 0.15) is 56.1 Å². The van der Waals surface area contributed by atoms with Crippen molar-refractivity contribution in [1.29, 1.82) is 0 Å². The van der Waals surface area contributed by atoms with Gasteiger partial charge in [-0.15, -0.1) is 0 Å². The number of aryl methyl sites for hydroxylation is 1. The SMILES string of the molecule is Cc1nc(Nc2nc(N3CCC(O)CC3)c3c(n2)N(Cc2ccc(C(N)=O)cc2)CCC3)sc1C(=O)O. The van der Waals surface area contributed by atoms with E-state index in [1.165, 1.54) is 0 Å². The molecular weight excluding hydrogens is 494 g/mol. The molecule has 5 rings (SSSR count). The van der Waals surface area contributed by atoms with Crippen molar-refractivity contribution in [2.45, 2.75) is 45.3 Å². The summed E-state index contributed by atoms with van der Waals surface area (Å²) in [6.07, 6.45) is 2.82. The minimum absolute atomic E-state index is 0.173. The Morgan fingerprint density at radius 2 is 1.81 bits per heavy atom. The van der Waals surface area contributed by atoms with Crippen molar-refractivity contribution in [3.63, 3.8) is 0 Å². The number of hydrogen-bond acceptors (Lipinski definition) is 10. The number of carbonyl (C=O) groups is 2. The van der Waals surface area contributed by atoms with Crippen LogP contribution >= 0.6 is 11.3 Å². The van der Waals surface area contributed by atoms with Crippen LogP contribution in [0, 0.1) is 6.92 Å². The quantitative estimate of drug-likeness (QED) is 0.363. The van der Waals surface area contributed by atoms with Crippen LogP contribution in [0.3, 0.4) is 0 Å². The number of aliphatic hydroxyl groups is 1. The fourth-order valence-electron chi connectivity index (χ4n) is 4.79. The van der Waals surface area contributed by atoms with Crippen molar-refractivity contribution in [3.05, 3.63) is 51.5 Å². The molecular formula is C25H29N7O4S. The summed E-state index contributed by atoms with van der Waals surface area (Å²) in [5, 5.41) is 23.0. The van der Waals surface area contributed by atoms with E-state index in [1.807, 2.05) is 12.1 Å². The number of carboxylic acid groups (broad SMARTS) is 1. The number of benzene rings is 1. The highest BCUT2D eigenvalue weighted by Crippen LogP contribution is 2.36. The summed E-state index contributed by atoms with van der Waals surface area (Å²) in [5.41, 5.74) is 8.36. The van der Waals surface area contributed by atoms with Gasteiger partial charge in [-0.1, -0.05) is 23.5 Å². The molecule has 0 spiro atoms. The maximum atomic E-state index is 11.5. The number of anilines is 4. The molecule has 194 valence electrons. The second-order valence-electron chi connectivity index (χ2n) is 9.34. The molecule has 0 saturated carbocycles. The zero-order valence-electron chi connectivity index (χ0n) is 20.5. The van der Waals surface area contributed by atoms with Crippen LogP contribution in [0.4, 0.5) is 22.7 Å². The first kappa shape index (κ1) is 24.9. The molecule has 0 aliphatic carbocycles. The minimum atomic E-state index is -1.02. The molecule has 3 aromatic rings. The highest BCUT2D eigenvalue weighted by atomic mass is 32.1. The van der Waals surface area contributed by atoms with Crippen LogP contribution in [-0.2, 0) is 13.0 Å².